The summed E-state index contributed by atoms with van der Waals surface area (Å²) >= 11 is 0. The summed E-state index contributed by atoms with van der Waals surface area (Å²) in [5, 5.41) is 3.40. The van der Waals surface area contributed by atoms with Crippen LogP contribution in [0, 0.1) is 6.92 Å². The Kier molecular flexibility index (Phi) is 4.77. The van der Waals surface area contributed by atoms with Gasteiger partial charge < -0.3 is 10.2 Å². The van der Waals surface area contributed by atoms with Gasteiger partial charge in [0.2, 0.25) is 0 Å². The first kappa shape index (κ1) is 15.5. The van der Waals surface area contributed by atoms with Crippen molar-refractivity contribution in [3.63, 3.8) is 0 Å². The lowest BCUT2D eigenvalue weighted by Crippen LogP contribution is -2.42. The number of aromatic nitrogens is 1. The highest BCUT2D eigenvalue weighted by Gasteiger charge is 2.29. The summed E-state index contributed by atoms with van der Waals surface area (Å²) in [7, 11) is 0. The first-order valence-electron chi connectivity index (χ1n) is 8.66. The zero-order chi connectivity index (χ0) is 15.5. The summed E-state index contributed by atoms with van der Waals surface area (Å²) in [4.78, 5) is 19.9. The van der Waals surface area contributed by atoms with Crippen LogP contribution in [0.2, 0.25) is 0 Å². The van der Waals surface area contributed by atoms with Crippen molar-refractivity contribution in [2.45, 2.75) is 57.9 Å². The molecule has 0 aromatic carbocycles. The van der Waals surface area contributed by atoms with Crippen molar-refractivity contribution in [3.05, 3.63) is 29.1 Å². The number of amides is 1. The second-order valence-electron chi connectivity index (χ2n) is 6.75. The standard InChI is InChI=1S/C18H27N3O/c1-13-6-7-16(17(20-13)15-8-10-19-11-9-15)18(22)21-12-4-3-5-14(21)2/h6-7,14-15,19H,3-5,8-12H2,1-2H3/t14-/m0/s1. The molecule has 3 rings (SSSR count). The molecule has 0 saturated carbocycles. The van der Waals surface area contributed by atoms with E-state index in [1.807, 2.05) is 19.1 Å². The largest absolute Gasteiger partial charge is 0.336 e. The van der Waals surface area contributed by atoms with Crippen LogP contribution < -0.4 is 5.32 Å². The minimum absolute atomic E-state index is 0.188. The number of likely N-dealkylation sites (tertiary alicyclic amines) is 1. The van der Waals surface area contributed by atoms with E-state index in [9.17, 15) is 4.79 Å². The van der Waals surface area contributed by atoms with E-state index in [0.717, 1.165) is 62.3 Å². The van der Waals surface area contributed by atoms with Gasteiger partial charge in [0.05, 0.1) is 11.3 Å². The predicted molar refractivity (Wildman–Crippen MR) is 88.2 cm³/mol. The molecule has 0 aliphatic carbocycles. The normalized spacial score (nSPS) is 23.5. The van der Waals surface area contributed by atoms with Crippen molar-refractivity contribution in [3.8, 4) is 0 Å². The van der Waals surface area contributed by atoms with Gasteiger partial charge >= 0.3 is 0 Å². The van der Waals surface area contributed by atoms with E-state index in [-0.39, 0.29) is 5.91 Å². The van der Waals surface area contributed by atoms with E-state index in [2.05, 4.69) is 17.1 Å². The van der Waals surface area contributed by atoms with Gasteiger partial charge in [-0.1, -0.05) is 0 Å². The lowest BCUT2D eigenvalue weighted by atomic mass is 9.90. The molecule has 2 aliphatic heterocycles. The first-order chi connectivity index (χ1) is 10.7. The molecular weight excluding hydrogens is 274 g/mol. The minimum atomic E-state index is 0.188. The summed E-state index contributed by atoms with van der Waals surface area (Å²) in [5.74, 6) is 0.605. The predicted octanol–water partition coefficient (Wildman–Crippen LogP) is 2.87. The number of carbonyl (C=O) groups is 1. The third kappa shape index (κ3) is 3.17. The average Bonchev–Trinajstić information content (AvgIpc) is 2.55. The van der Waals surface area contributed by atoms with Crippen LogP contribution in [0.25, 0.3) is 0 Å². The number of piperidine rings is 2. The SMILES string of the molecule is Cc1ccc(C(=O)N2CCCC[C@@H]2C)c(C2CCNCC2)n1. The van der Waals surface area contributed by atoms with Gasteiger partial charge in [0, 0.05) is 24.2 Å². The molecule has 1 N–H and O–H groups in total. The fraction of sp³-hybridized carbons (Fsp3) is 0.667. The van der Waals surface area contributed by atoms with Gasteiger partial charge in [-0.2, -0.15) is 0 Å². The quantitative estimate of drug-likeness (QED) is 0.913. The van der Waals surface area contributed by atoms with E-state index >= 15 is 0 Å². The second kappa shape index (κ2) is 6.78. The molecular formula is C18H27N3O. The van der Waals surface area contributed by atoms with Crippen molar-refractivity contribution >= 4 is 5.91 Å². The van der Waals surface area contributed by atoms with E-state index in [1.54, 1.807) is 0 Å². The highest BCUT2D eigenvalue weighted by atomic mass is 16.2. The molecule has 120 valence electrons. The van der Waals surface area contributed by atoms with Crippen molar-refractivity contribution in [1.82, 2.24) is 15.2 Å². The van der Waals surface area contributed by atoms with E-state index < -0.39 is 0 Å². The van der Waals surface area contributed by atoms with Crippen molar-refractivity contribution in [2.75, 3.05) is 19.6 Å². The molecule has 4 nitrogen and oxygen atoms in total. The Morgan fingerprint density at radius 1 is 1.23 bits per heavy atom. The molecule has 1 aromatic heterocycles. The van der Waals surface area contributed by atoms with Gasteiger partial charge in [-0.05, 0) is 71.2 Å². The monoisotopic (exact) mass is 301 g/mol. The molecule has 2 fully saturated rings. The minimum Gasteiger partial charge on any atom is -0.336 e. The second-order valence-corrected chi connectivity index (χ2v) is 6.75. The maximum absolute atomic E-state index is 13.1. The molecule has 2 aliphatic rings. The summed E-state index contributed by atoms with van der Waals surface area (Å²) in [6.07, 6.45) is 5.63. The maximum Gasteiger partial charge on any atom is 0.255 e. The van der Waals surface area contributed by atoms with Crippen LogP contribution in [0.4, 0.5) is 0 Å². The van der Waals surface area contributed by atoms with Crippen LogP contribution in [-0.4, -0.2) is 41.5 Å². The molecule has 0 radical (unpaired) electrons. The van der Waals surface area contributed by atoms with Crippen LogP contribution >= 0.6 is 0 Å². The van der Waals surface area contributed by atoms with Crippen LogP contribution in [0.15, 0.2) is 12.1 Å². The maximum atomic E-state index is 13.1. The topological polar surface area (TPSA) is 45.2 Å². The Balaban J connectivity index is 1.90. The summed E-state index contributed by atoms with van der Waals surface area (Å²) in [5.41, 5.74) is 2.88. The molecule has 4 heteroatoms. The highest BCUT2D eigenvalue weighted by molar-refractivity contribution is 5.95. The van der Waals surface area contributed by atoms with Gasteiger partial charge in [-0.15, -0.1) is 0 Å². The van der Waals surface area contributed by atoms with Gasteiger partial charge in [-0.25, -0.2) is 0 Å². The number of aryl methyl sites for hydroxylation is 1. The molecule has 22 heavy (non-hydrogen) atoms. The van der Waals surface area contributed by atoms with Crippen molar-refractivity contribution < 1.29 is 4.79 Å². The third-order valence-corrected chi connectivity index (χ3v) is 5.08. The van der Waals surface area contributed by atoms with Gasteiger partial charge in [0.1, 0.15) is 0 Å². The third-order valence-electron chi connectivity index (χ3n) is 5.08. The highest BCUT2D eigenvalue weighted by Crippen LogP contribution is 2.29. The number of carbonyl (C=O) groups excluding carboxylic acids is 1. The fourth-order valence-corrected chi connectivity index (χ4v) is 3.72. The number of rotatable bonds is 2. The summed E-state index contributed by atoms with van der Waals surface area (Å²) < 4.78 is 0. The van der Waals surface area contributed by atoms with Gasteiger partial charge in [-0.3, -0.25) is 9.78 Å². The molecule has 3 heterocycles. The molecule has 0 bridgehead atoms. The average molecular weight is 301 g/mol. The Labute approximate surface area is 133 Å². The first-order valence-corrected chi connectivity index (χ1v) is 8.66. The number of hydrogen-bond acceptors (Lipinski definition) is 3. The Bertz CT molecular complexity index is 537. The molecule has 0 spiro atoms. The zero-order valence-electron chi connectivity index (χ0n) is 13.8. The van der Waals surface area contributed by atoms with Crippen LogP contribution in [0.5, 0.6) is 0 Å². The lowest BCUT2D eigenvalue weighted by molar-refractivity contribution is 0.0633. The lowest BCUT2D eigenvalue weighted by Gasteiger charge is -2.34. The smallest absolute Gasteiger partial charge is 0.255 e. The Morgan fingerprint density at radius 3 is 2.73 bits per heavy atom. The molecule has 1 aromatic rings. The number of hydrogen-bond donors (Lipinski definition) is 1. The van der Waals surface area contributed by atoms with Crippen LogP contribution in [0.3, 0.4) is 0 Å². The fourth-order valence-electron chi connectivity index (χ4n) is 3.72. The van der Waals surface area contributed by atoms with Gasteiger partial charge in [0.15, 0.2) is 0 Å². The molecule has 1 amide bonds. The molecule has 2 saturated heterocycles. The number of nitrogens with one attached hydrogen (secondary N) is 1. The van der Waals surface area contributed by atoms with E-state index in [1.165, 1.54) is 6.42 Å². The van der Waals surface area contributed by atoms with E-state index in [4.69, 9.17) is 4.98 Å². The van der Waals surface area contributed by atoms with Gasteiger partial charge in [0.25, 0.3) is 5.91 Å². The van der Waals surface area contributed by atoms with Crippen LogP contribution in [-0.2, 0) is 0 Å². The molecule has 1 atom stereocenters. The molecule has 0 unspecified atom stereocenters. The Morgan fingerprint density at radius 2 is 2.00 bits per heavy atom. The summed E-state index contributed by atoms with van der Waals surface area (Å²) in [6.45, 7) is 7.12. The zero-order valence-corrected chi connectivity index (χ0v) is 13.8. The Hall–Kier alpha value is -1.42. The van der Waals surface area contributed by atoms with Crippen molar-refractivity contribution in [1.29, 1.82) is 0 Å². The summed E-state index contributed by atoms with van der Waals surface area (Å²) in [6, 6.07) is 4.33. The van der Waals surface area contributed by atoms with E-state index in [0.29, 0.717) is 12.0 Å². The van der Waals surface area contributed by atoms with Crippen molar-refractivity contribution in [2.24, 2.45) is 0 Å². The number of nitrogens with zero attached hydrogens (tertiary/aromatic N) is 2. The van der Waals surface area contributed by atoms with Crippen LogP contribution in [0.1, 0.15) is 66.7 Å². The number of pyridine rings is 1.